The molecule has 1 rings (SSSR count). The highest BCUT2D eigenvalue weighted by Crippen LogP contribution is 2.19. The van der Waals surface area contributed by atoms with Crippen LogP contribution < -0.4 is 5.32 Å². The highest BCUT2D eigenvalue weighted by Gasteiger charge is 2.15. The van der Waals surface area contributed by atoms with Crippen LogP contribution in [0.1, 0.15) is 52.4 Å². The van der Waals surface area contributed by atoms with Crippen LogP contribution in [0.2, 0.25) is 0 Å². The Morgan fingerprint density at radius 2 is 1.94 bits per heavy atom. The molecule has 0 aromatic rings. The minimum Gasteiger partial charge on any atom is -0.381 e. The van der Waals surface area contributed by atoms with Crippen LogP contribution in [0.5, 0.6) is 0 Å². The van der Waals surface area contributed by atoms with Gasteiger partial charge in [0.1, 0.15) is 0 Å². The summed E-state index contributed by atoms with van der Waals surface area (Å²) in [5, 5.41) is 3.05. The quantitative estimate of drug-likeness (QED) is 0.696. The number of rotatable bonds is 7. The molecule has 1 heterocycles. The molecule has 1 aliphatic heterocycles. The van der Waals surface area contributed by atoms with E-state index in [0.717, 1.165) is 44.9 Å². The molecule has 1 amide bonds. The number of amides is 1. The van der Waals surface area contributed by atoms with Crippen LogP contribution >= 0.6 is 0 Å². The second-order valence-electron chi connectivity index (χ2n) is 5.00. The Bertz CT molecular complexity index is 208. The van der Waals surface area contributed by atoms with E-state index >= 15 is 0 Å². The molecule has 0 atom stereocenters. The van der Waals surface area contributed by atoms with Crippen LogP contribution in [-0.2, 0) is 9.53 Å². The molecule has 0 radical (unpaired) electrons. The van der Waals surface area contributed by atoms with Gasteiger partial charge in [0.05, 0.1) is 0 Å². The van der Waals surface area contributed by atoms with E-state index in [2.05, 4.69) is 19.2 Å². The van der Waals surface area contributed by atoms with Gasteiger partial charge in [0.25, 0.3) is 0 Å². The van der Waals surface area contributed by atoms with Crippen molar-refractivity contribution < 1.29 is 9.53 Å². The van der Waals surface area contributed by atoms with Gasteiger partial charge in [0, 0.05) is 25.7 Å². The van der Waals surface area contributed by atoms with Crippen LogP contribution in [-0.4, -0.2) is 25.7 Å². The van der Waals surface area contributed by atoms with Crippen molar-refractivity contribution in [1.82, 2.24) is 5.32 Å². The molecule has 0 saturated carbocycles. The van der Waals surface area contributed by atoms with Gasteiger partial charge in [-0.1, -0.05) is 13.8 Å². The van der Waals surface area contributed by atoms with Gasteiger partial charge in [0.2, 0.25) is 5.91 Å². The number of carbonyl (C=O) groups is 1. The summed E-state index contributed by atoms with van der Waals surface area (Å²) in [6.07, 6.45) is 6.62. The number of hydrogen-bond donors (Lipinski definition) is 1. The maximum Gasteiger partial charge on any atom is 0.223 e. The summed E-state index contributed by atoms with van der Waals surface area (Å²) in [5.74, 6) is 1.26. The Kier molecular flexibility index (Phi) is 7.25. The lowest BCUT2D eigenvalue weighted by molar-refractivity contribution is -0.125. The maximum absolute atomic E-state index is 11.7. The summed E-state index contributed by atoms with van der Waals surface area (Å²) in [7, 11) is 0. The van der Waals surface area contributed by atoms with Crippen molar-refractivity contribution in [3.8, 4) is 0 Å². The number of carbonyl (C=O) groups excluding carboxylic acids is 1. The normalized spacial score (nSPS) is 17.4. The third-order valence-corrected chi connectivity index (χ3v) is 3.79. The molecule has 0 aromatic heterocycles. The van der Waals surface area contributed by atoms with Gasteiger partial charge < -0.3 is 10.1 Å². The van der Waals surface area contributed by atoms with Gasteiger partial charge in [-0.2, -0.15) is 0 Å². The summed E-state index contributed by atoms with van der Waals surface area (Å²) in [4.78, 5) is 11.7. The zero-order chi connectivity index (χ0) is 12.5. The molecule has 0 bridgehead atoms. The molecule has 1 aliphatic rings. The van der Waals surface area contributed by atoms with E-state index in [4.69, 9.17) is 4.74 Å². The van der Waals surface area contributed by atoms with E-state index in [9.17, 15) is 4.79 Å². The fourth-order valence-corrected chi connectivity index (χ4v) is 2.44. The van der Waals surface area contributed by atoms with Crippen molar-refractivity contribution in [2.45, 2.75) is 52.4 Å². The second-order valence-corrected chi connectivity index (χ2v) is 5.00. The van der Waals surface area contributed by atoms with Crippen LogP contribution in [0.25, 0.3) is 0 Å². The van der Waals surface area contributed by atoms with Crippen molar-refractivity contribution >= 4 is 5.91 Å². The molecule has 0 aliphatic carbocycles. The number of nitrogens with one attached hydrogen (secondary N) is 1. The highest BCUT2D eigenvalue weighted by atomic mass is 16.5. The Morgan fingerprint density at radius 1 is 1.29 bits per heavy atom. The van der Waals surface area contributed by atoms with E-state index in [1.807, 2.05) is 0 Å². The highest BCUT2D eigenvalue weighted by molar-refractivity contribution is 5.78. The van der Waals surface area contributed by atoms with Gasteiger partial charge in [0.15, 0.2) is 0 Å². The fourth-order valence-electron chi connectivity index (χ4n) is 2.44. The molecule has 0 spiro atoms. The summed E-state index contributed by atoms with van der Waals surface area (Å²) in [6.45, 7) is 6.84. The predicted molar refractivity (Wildman–Crippen MR) is 69.9 cm³/mol. The van der Waals surface area contributed by atoms with Crippen molar-refractivity contribution in [2.24, 2.45) is 11.8 Å². The topological polar surface area (TPSA) is 38.3 Å². The van der Waals surface area contributed by atoms with Crippen LogP contribution in [0.3, 0.4) is 0 Å². The van der Waals surface area contributed by atoms with Gasteiger partial charge in [-0.05, 0) is 44.4 Å². The Morgan fingerprint density at radius 3 is 2.53 bits per heavy atom. The second kappa shape index (κ2) is 8.51. The summed E-state index contributed by atoms with van der Waals surface area (Å²) in [6, 6.07) is 0. The first-order valence-corrected chi connectivity index (χ1v) is 7.13. The summed E-state index contributed by atoms with van der Waals surface area (Å²) >= 11 is 0. The third kappa shape index (κ3) is 5.53. The van der Waals surface area contributed by atoms with E-state index in [-0.39, 0.29) is 11.8 Å². The molecule has 1 N–H and O–H groups in total. The lowest BCUT2D eigenvalue weighted by Crippen LogP contribution is -2.31. The first-order chi connectivity index (χ1) is 8.27. The van der Waals surface area contributed by atoms with Crippen molar-refractivity contribution in [3.63, 3.8) is 0 Å². The zero-order valence-electron chi connectivity index (χ0n) is 11.3. The number of ether oxygens (including phenoxy) is 1. The molecule has 17 heavy (non-hydrogen) atoms. The fraction of sp³-hybridized carbons (Fsp3) is 0.929. The van der Waals surface area contributed by atoms with Crippen LogP contribution in [0, 0.1) is 11.8 Å². The molecule has 1 fully saturated rings. The zero-order valence-corrected chi connectivity index (χ0v) is 11.3. The Balaban J connectivity index is 2.04. The summed E-state index contributed by atoms with van der Waals surface area (Å²) < 4.78 is 5.34. The Labute approximate surface area is 105 Å². The first kappa shape index (κ1) is 14.5. The molecule has 3 nitrogen and oxygen atoms in total. The monoisotopic (exact) mass is 241 g/mol. The molecule has 3 heteroatoms. The lowest BCUT2D eigenvalue weighted by atomic mass is 9.95. The van der Waals surface area contributed by atoms with Crippen molar-refractivity contribution in [2.75, 3.05) is 19.8 Å². The molecule has 1 saturated heterocycles. The minimum absolute atomic E-state index is 0.207. The van der Waals surface area contributed by atoms with E-state index < -0.39 is 0 Å². The molecule has 100 valence electrons. The lowest BCUT2D eigenvalue weighted by Gasteiger charge is -2.22. The predicted octanol–water partition coefficient (Wildman–Crippen LogP) is 2.75. The van der Waals surface area contributed by atoms with Gasteiger partial charge in [-0.3, -0.25) is 4.79 Å². The van der Waals surface area contributed by atoms with Crippen molar-refractivity contribution in [1.29, 1.82) is 0 Å². The average Bonchev–Trinajstić information content (AvgIpc) is 2.37. The summed E-state index contributed by atoms with van der Waals surface area (Å²) in [5.41, 5.74) is 0. The van der Waals surface area contributed by atoms with Gasteiger partial charge in [-0.15, -0.1) is 0 Å². The Hall–Kier alpha value is -0.570. The van der Waals surface area contributed by atoms with Crippen LogP contribution in [0.4, 0.5) is 0 Å². The smallest absolute Gasteiger partial charge is 0.223 e. The maximum atomic E-state index is 11.7. The minimum atomic E-state index is 0.207. The van der Waals surface area contributed by atoms with Gasteiger partial charge >= 0.3 is 0 Å². The van der Waals surface area contributed by atoms with Gasteiger partial charge in [-0.25, -0.2) is 0 Å². The SMILES string of the molecule is CCC(CC)C(=O)NCCCC1CCOCC1. The van der Waals surface area contributed by atoms with E-state index in [1.165, 1.54) is 19.3 Å². The third-order valence-electron chi connectivity index (χ3n) is 3.79. The largest absolute Gasteiger partial charge is 0.381 e. The number of hydrogen-bond acceptors (Lipinski definition) is 2. The average molecular weight is 241 g/mol. The van der Waals surface area contributed by atoms with E-state index in [0.29, 0.717) is 0 Å². The van der Waals surface area contributed by atoms with Crippen LogP contribution in [0.15, 0.2) is 0 Å². The van der Waals surface area contributed by atoms with Crippen molar-refractivity contribution in [3.05, 3.63) is 0 Å². The standard InChI is InChI=1S/C14H27NO2/c1-3-13(4-2)14(16)15-9-5-6-12-7-10-17-11-8-12/h12-13H,3-11H2,1-2H3,(H,15,16). The van der Waals surface area contributed by atoms with E-state index in [1.54, 1.807) is 0 Å². The molecule has 0 unspecified atom stereocenters. The molecule has 0 aromatic carbocycles. The first-order valence-electron chi connectivity index (χ1n) is 7.13. The molecular weight excluding hydrogens is 214 g/mol. The molecular formula is C14H27NO2.